The first-order valence-electron chi connectivity index (χ1n) is 5.88. The highest BCUT2D eigenvalue weighted by Gasteiger charge is 2.28. The Bertz CT molecular complexity index is 327. The minimum absolute atomic E-state index is 0.171. The van der Waals surface area contributed by atoms with E-state index in [0.29, 0.717) is 18.9 Å². The number of hydrogen-bond donors (Lipinski definition) is 1. The van der Waals surface area contributed by atoms with Crippen LogP contribution in [0.5, 0.6) is 0 Å². The Morgan fingerprint density at radius 3 is 3.00 bits per heavy atom. The Kier molecular flexibility index (Phi) is 3.90. The first-order valence-corrected chi connectivity index (χ1v) is 5.88. The summed E-state index contributed by atoms with van der Waals surface area (Å²) in [5, 5.41) is 3.94. The standard InChI is InChI=1S/C11H19N3O2/c1-15-7-6-10-13-11(16-14-10)8-4-2-3-5-9(8)12/h8-9H,2-7,12H2,1H3. The van der Waals surface area contributed by atoms with E-state index in [2.05, 4.69) is 10.1 Å². The summed E-state index contributed by atoms with van der Waals surface area (Å²) < 4.78 is 10.3. The molecule has 1 aromatic rings. The van der Waals surface area contributed by atoms with Crippen molar-refractivity contribution in [3.63, 3.8) is 0 Å². The number of aromatic nitrogens is 2. The van der Waals surface area contributed by atoms with E-state index in [1.54, 1.807) is 7.11 Å². The van der Waals surface area contributed by atoms with Crippen LogP contribution in [0.2, 0.25) is 0 Å². The molecule has 2 atom stereocenters. The van der Waals surface area contributed by atoms with Gasteiger partial charge in [-0.05, 0) is 12.8 Å². The number of ether oxygens (including phenoxy) is 1. The van der Waals surface area contributed by atoms with Crippen molar-refractivity contribution < 1.29 is 9.26 Å². The lowest BCUT2D eigenvalue weighted by Crippen LogP contribution is -2.31. The lowest BCUT2D eigenvalue weighted by molar-refractivity contribution is 0.199. The number of rotatable bonds is 4. The van der Waals surface area contributed by atoms with Crippen molar-refractivity contribution in [2.24, 2.45) is 5.73 Å². The molecule has 2 rings (SSSR count). The molecule has 1 aromatic heterocycles. The molecule has 0 spiro atoms. The van der Waals surface area contributed by atoms with E-state index in [4.69, 9.17) is 15.0 Å². The van der Waals surface area contributed by atoms with Gasteiger partial charge >= 0.3 is 0 Å². The van der Waals surface area contributed by atoms with Crippen molar-refractivity contribution >= 4 is 0 Å². The maximum Gasteiger partial charge on any atom is 0.231 e. The van der Waals surface area contributed by atoms with Gasteiger partial charge in [-0.3, -0.25) is 0 Å². The fourth-order valence-electron chi connectivity index (χ4n) is 2.18. The topological polar surface area (TPSA) is 74.2 Å². The SMILES string of the molecule is COCCc1noc(C2CCCCC2N)n1. The predicted octanol–water partition coefficient (Wildman–Crippen LogP) is 1.24. The molecule has 1 fully saturated rings. The van der Waals surface area contributed by atoms with Gasteiger partial charge in [-0.1, -0.05) is 18.0 Å². The molecule has 5 nitrogen and oxygen atoms in total. The number of methoxy groups -OCH3 is 1. The van der Waals surface area contributed by atoms with Crippen LogP contribution in [0.15, 0.2) is 4.52 Å². The quantitative estimate of drug-likeness (QED) is 0.834. The van der Waals surface area contributed by atoms with E-state index in [1.807, 2.05) is 0 Å². The molecule has 0 bridgehead atoms. The molecule has 1 aliphatic carbocycles. The zero-order chi connectivity index (χ0) is 11.4. The van der Waals surface area contributed by atoms with Gasteiger partial charge in [-0.25, -0.2) is 0 Å². The Balaban J connectivity index is 1.99. The minimum Gasteiger partial charge on any atom is -0.384 e. The van der Waals surface area contributed by atoms with Gasteiger partial charge in [0.1, 0.15) is 0 Å². The summed E-state index contributed by atoms with van der Waals surface area (Å²) in [7, 11) is 1.66. The third kappa shape index (κ3) is 2.59. The highest BCUT2D eigenvalue weighted by molar-refractivity contribution is 5.00. The Hall–Kier alpha value is -0.940. The predicted molar refractivity (Wildman–Crippen MR) is 59.1 cm³/mol. The van der Waals surface area contributed by atoms with E-state index in [0.717, 1.165) is 18.7 Å². The van der Waals surface area contributed by atoms with Gasteiger partial charge in [0, 0.05) is 19.6 Å². The highest BCUT2D eigenvalue weighted by Crippen LogP contribution is 2.30. The highest BCUT2D eigenvalue weighted by atomic mass is 16.5. The summed E-state index contributed by atoms with van der Waals surface area (Å²) >= 11 is 0. The second-order valence-electron chi connectivity index (χ2n) is 4.35. The number of hydrogen-bond acceptors (Lipinski definition) is 5. The van der Waals surface area contributed by atoms with Crippen LogP contribution in [-0.4, -0.2) is 29.9 Å². The molecule has 0 amide bonds. The molecule has 0 aromatic carbocycles. The summed E-state index contributed by atoms with van der Waals surface area (Å²) in [4.78, 5) is 4.38. The van der Waals surface area contributed by atoms with Gasteiger partial charge in [0.15, 0.2) is 5.82 Å². The van der Waals surface area contributed by atoms with Crippen molar-refractivity contribution in [2.45, 2.75) is 44.1 Å². The Labute approximate surface area is 95.3 Å². The van der Waals surface area contributed by atoms with Gasteiger partial charge in [-0.15, -0.1) is 0 Å². The van der Waals surface area contributed by atoms with Gasteiger partial charge in [-0.2, -0.15) is 4.98 Å². The van der Waals surface area contributed by atoms with Crippen LogP contribution in [0.25, 0.3) is 0 Å². The molecule has 0 aliphatic heterocycles. The Morgan fingerprint density at radius 1 is 1.44 bits per heavy atom. The first kappa shape index (κ1) is 11.5. The smallest absolute Gasteiger partial charge is 0.231 e. The molecule has 1 aliphatic rings. The Morgan fingerprint density at radius 2 is 2.25 bits per heavy atom. The molecule has 0 radical (unpaired) electrons. The minimum atomic E-state index is 0.171. The molecule has 16 heavy (non-hydrogen) atoms. The molecule has 1 heterocycles. The van der Waals surface area contributed by atoms with Crippen LogP contribution in [0.4, 0.5) is 0 Å². The summed E-state index contributed by atoms with van der Waals surface area (Å²) in [6.07, 6.45) is 5.23. The molecule has 0 saturated heterocycles. The number of nitrogens with zero attached hydrogens (tertiary/aromatic N) is 2. The van der Waals surface area contributed by atoms with E-state index in [9.17, 15) is 0 Å². The van der Waals surface area contributed by atoms with Crippen molar-refractivity contribution in [2.75, 3.05) is 13.7 Å². The third-order valence-electron chi connectivity index (χ3n) is 3.15. The van der Waals surface area contributed by atoms with Crippen molar-refractivity contribution in [1.29, 1.82) is 0 Å². The lowest BCUT2D eigenvalue weighted by atomic mass is 9.85. The largest absolute Gasteiger partial charge is 0.384 e. The summed E-state index contributed by atoms with van der Waals surface area (Å²) in [5.74, 6) is 1.67. The summed E-state index contributed by atoms with van der Waals surface area (Å²) in [5.41, 5.74) is 6.07. The zero-order valence-corrected chi connectivity index (χ0v) is 9.69. The van der Waals surface area contributed by atoms with Crippen molar-refractivity contribution in [3.05, 3.63) is 11.7 Å². The van der Waals surface area contributed by atoms with Crippen LogP contribution in [0, 0.1) is 0 Å². The monoisotopic (exact) mass is 225 g/mol. The fraction of sp³-hybridized carbons (Fsp3) is 0.818. The average Bonchev–Trinajstić information content (AvgIpc) is 2.75. The number of nitrogens with two attached hydrogens (primary N) is 1. The average molecular weight is 225 g/mol. The third-order valence-corrected chi connectivity index (χ3v) is 3.15. The van der Waals surface area contributed by atoms with E-state index in [-0.39, 0.29) is 12.0 Å². The van der Waals surface area contributed by atoms with Gasteiger partial charge in [0.25, 0.3) is 0 Å². The molecule has 1 saturated carbocycles. The molecule has 90 valence electrons. The molecular formula is C11H19N3O2. The summed E-state index contributed by atoms with van der Waals surface area (Å²) in [6.45, 7) is 0.621. The second kappa shape index (κ2) is 5.41. The van der Waals surface area contributed by atoms with Crippen LogP contribution in [0.1, 0.15) is 43.3 Å². The van der Waals surface area contributed by atoms with Crippen molar-refractivity contribution in [1.82, 2.24) is 10.1 Å². The molecule has 2 unspecified atom stereocenters. The van der Waals surface area contributed by atoms with E-state index >= 15 is 0 Å². The van der Waals surface area contributed by atoms with Crippen LogP contribution >= 0.6 is 0 Å². The van der Waals surface area contributed by atoms with Crippen LogP contribution < -0.4 is 5.73 Å². The first-order chi connectivity index (χ1) is 7.81. The van der Waals surface area contributed by atoms with Crippen LogP contribution in [0.3, 0.4) is 0 Å². The van der Waals surface area contributed by atoms with Crippen LogP contribution in [-0.2, 0) is 11.2 Å². The van der Waals surface area contributed by atoms with Gasteiger partial charge in [0.2, 0.25) is 5.89 Å². The molecule has 2 N–H and O–H groups in total. The maximum atomic E-state index is 6.07. The zero-order valence-electron chi connectivity index (χ0n) is 9.69. The molecule has 5 heteroatoms. The van der Waals surface area contributed by atoms with Gasteiger partial charge < -0.3 is 15.0 Å². The second-order valence-corrected chi connectivity index (χ2v) is 4.35. The van der Waals surface area contributed by atoms with Crippen molar-refractivity contribution in [3.8, 4) is 0 Å². The van der Waals surface area contributed by atoms with E-state index < -0.39 is 0 Å². The fourth-order valence-corrected chi connectivity index (χ4v) is 2.18. The van der Waals surface area contributed by atoms with Gasteiger partial charge in [0.05, 0.1) is 12.5 Å². The lowest BCUT2D eigenvalue weighted by Gasteiger charge is -2.25. The molecular weight excluding hydrogens is 206 g/mol. The normalized spacial score (nSPS) is 25.9. The summed E-state index contributed by atoms with van der Waals surface area (Å²) in [6, 6.07) is 0.171. The van der Waals surface area contributed by atoms with E-state index in [1.165, 1.54) is 12.8 Å². The maximum absolute atomic E-state index is 6.07.